The molecule has 0 aliphatic carbocycles. The highest BCUT2D eigenvalue weighted by Gasteiger charge is 2.20. The van der Waals surface area contributed by atoms with Crippen LogP contribution in [0.3, 0.4) is 0 Å². The lowest BCUT2D eigenvalue weighted by molar-refractivity contribution is 0.0941. The molecule has 22 heavy (non-hydrogen) atoms. The van der Waals surface area contributed by atoms with Crippen molar-refractivity contribution in [3.05, 3.63) is 29.8 Å². The van der Waals surface area contributed by atoms with Crippen LogP contribution in [0.25, 0.3) is 0 Å². The fourth-order valence-electron chi connectivity index (χ4n) is 2.87. The van der Waals surface area contributed by atoms with Gasteiger partial charge in [0.2, 0.25) is 0 Å². The third kappa shape index (κ3) is 6.39. The largest absolute Gasteiger partial charge is 0.490 e. The van der Waals surface area contributed by atoms with Crippen LogP contribution in [0.2, 0.25) is 0 Å². The molecule has 0 atom stereocenters. The molecule has 0 radical (unpaired) electrons. The summed E-state index contributed by atoms with van der Waals surface area (Å²) in [7, 11) is 0. The Morgan fingerprint density at radius 2 is 1.73 bits per heavy atom. The van der Waals surface area contributed by atoms with E-state index in [4.69, 9.17) is 4.74 Å². The van der Waals surface area contributed by atoms with Gasteiger partial charge in [0.15, 0.2) is 0 Å². The first-order valence-electron chi connectivity index (χ1n) is 9.03. The fourth-order valence-corrected chi connectivity index (χ4v) is 2.87. The molecule has 0 unspecified atom stereocenters. The first kappa shape index (κ1) is 19.0. The molecule has 2 heteroatoms. The molecular weight excluding hydrogens is 270 g/mol. The average molecular weight is 306 g/mol. The maximum Gasteiger partial charge on any atom is 0.120 e. The SMILES string of the molecule is CC.CC(C)CN1CCC(Oc2cccc(C(C)C)c2)CC1. The summed E-state index contributed by atoms with van der Waals surface area (Å²) in [4.78, 5) is 2.56. The third-order valence-electron chi connectivity index (χ3n) is 3.99. The minimum absolute atomic E-state index is 0.390. The molecule has 1 fully saturated rings. The van der Waals surface area contributed by atoms with Gasteiger partial charge in [-0.25, -0.2) is 0 Å². The van der Waals surface area contributed by atoms with Gasteiger partial charge >= 0.3 is 0 Å². The van der Waals surface area contributed by atoms with Crippen LogP contribution in [0.5, 0.6) is 5.75 Å². The first-order valence-corrected chi connectivity index (χ1v) is 9.03. The Labute approximate surface area is 137 Å². The van der Waals surface area contributed by atoms with Crippen molar-refractivity contribution in [1.82, 2.24) is 4.90 Å². The van der Waals surface area contributed by atoms with Gasteiger partial charge in [-0.1, -0.05) is 53.7 Å². The van der Waals surface area contributed by atoms with Gasteiger partial charge in [-0.15, -0.1) is 0 Å². The number of nitrogens with zero attached hydrogens (tertiary/aromatic N) is 1. The highest BCUT2D eigenvalue weighted by molar-refractivity contribution is 5.30. The Bertz CT molecular complexity index is 406. The molecule has 1 saturated heterocycles. The summed E-state index contributed by atoms with van der Waals surface area (Å²) in [5.74, 6) is 2.36. The van der Waals surface area contributed by atoms with Crippen LogP contribution in [0.15, 0.2) is 24.3 Å². The molecule has 0 amide bonds. The lowest BCUT2D eigenvalue weighted by Gasteiger charge is -2.33. The highest BCUT2D eigenvalue weighted by Crippen LogP contribution is 2.23. The van der Waals surface area contributed by atoms with E-state index in [1.165, 1.54) is 25.2 Å². The number of hydrogen-bond acceptors (Lipinski definition) is 2. The van der Waals surface area contributed by atoms with Crippen LogP contribution in [-0.2, 0) is 0 Å². The number of hydrogen-bond donors (Lipinski definition) is 0. The lowest BCUT2D eigenvalue weighted by Crippen LogP contribution is -2.39. The molecule has 1 aliphatic rings. The zero-order valence-corrected chi connectivity index (χ0v) is 15.4. The maximum absolute atomic E-state index is 6.17. The Hall–Kier alpha value is -1.02. The van der Waals surface area contributed by atoms with E-state index < -0.39 is 0 Å². The van der Waals surface area contributed by atoms with Gasteiger partial charge in [-0.05, 0) is 42.4 Å². The Morgan fingerprint density at radius 1 is 1.09 bits per heavy atom. The summed E-state index contributed by atoms with van der Waals surface area (Å²) in [5.41, 5.74) is 1.36. The normalized spacial score (nSPS) is 16.5. The number of benzene rings is 1. The smallest absolute Gasteiger partial charge is 0.120 e. The van der Waals surface area contributed by atoms with E-state index in [9.17, 15) is 0 Å². The summed E-state index contributed by atoms with van der Waals surface area (Å²) >= 11 is 0. The minimum Gasteiger partial charge on any atom is -0.490 e. The number of likely N-dealkylation sites (tertiary alicyclic amines) is 1. The average Bonchev–Trinajstić information content (AvgIpc) is 2.51. The summed E-state index contributed by atoms with van der Waals surface area (Å²) < 4.78 is 6.17. The molecule has 1 aliphatic heterocycles. The van der Waals surface area contributed by atoms with E-state index in [1.807, 2.05) is 13.8 Å². The quantitative estimate of drug-likeness (QED) is 0.728. The topological polar surface area (TPSA) is 12.5 Å². The van der Waals surface area contributed by atoms with E-state index in [0.717, 1.165) is 24.5 Å². The molecule has 0 aromatic heterocycles. The van der Waals surface area contributed by atoms with Crippen LogP contribution in [0, 0.1) is 5.92 Å². The second kappa shape index (κ2) is 9.89. The zero-order chi connectivity index (χ0) is 16.5. The van der Waals surface area contributed by atoms with Gasteiger partial charge in [0.05, 0.1) is 0 Å². The summed E-state index contributed by atoms with van der Waals surface area (Å²) in [6, 6.07) is 8.58. The van der Waals surface area contributed by atoms with Crippen LogP contribution >= 0.6 is 0 Å². The van der Waals surface area contributed by atoms with Crippen LogP contribution in [0.4, 0.5) is 0 Å². The molecule has 0 N–H and O–H groups in total. The standard InChI is InChI=1S/C18H29NO.C2H6/c1-14(2)13-19-10-8-17(9-11-19)20-18-7-5-6-16(12-18)15(3)4;1-2/h5-7,12,14-15,17H,8-11,13H2,1-4H3;1-2H3. The van der Waals surface area contributed by atoms with Crippen LogP contribution in [0.1, 0.15) is 65.9 Å². The van der Waals surface area contributed by atoms with Crippen molar-refractivity contribution in [1.29, 1.82) is 0 Å². The number of ether oxygens (including phenoxy) is 1. The summed E-state index contributed by atoms with van der Waals surface area (Å²) in [6.45, 7) is 16.6. The Balaban J connectivity index is 0.00000116. The molecule has 2 rings (SSSR count). The second-order valence-electron chi connectivity index (χ2n) is 6.74. The highest BCUT2D eigenvalue weighted by atomic mass is 16.5. The molecule has 0 bridgehead atoms. The van der Waals surface area contributed by atoms with Crippen molar-refractivity contribution in [2.45, 2.75) is 66.4 Å². The van der Waals surface area contributed by atoms with E-state index in [-0.39, 0.29) is 0 Å². The zero-order valence-electron chi connectivity index (χ0n) is 15.4. The van der Waals surface area contributed by atoms with Gasteiger partial charge in [-0.3, -0.25) is 0 Å². The maximum atomic E-state index is 6.17. The molecule has 1 heterocycles. The van der Waals surface area contributed by atoms with E-state index in [2.05, 4.69) is 56.9 Å². The second-order valence-corrected chi connectivity index (χ2v) is 6.74. The summed E-state index contributed by atoms with van der Waals surface area (Å²) in [5, 5.41) is 0. The van der Waals surface area contributed by atoms with Gasteiger partial charge in [-0.2, -0.15) is 0 Å². The van der Waals surface area contributed by atoms with Crippen LogP contribution < -0.4 is 4.74 Å². The molecule has 2 nitrogen and oxygen atoms in total. The molecule has 1 aromatic rings. The number of rotatable bonds is 5. The number of piperidine rings is 1. The van der Waals surface area contributed by atoms with Crippen molar-refractivity contribution in [3.8, 4) is 5.75 Å². The molecule has 126 valence electrons. The van der Waals surface area contributed by atoms with Gasteiger partial charge in [0.25, 0.3) is 0 Å². The summed E-state index contributed by atoms with van der Waals surface area (Å²) in [6.07, 6.45) is 2.69. The van der Waals surface area contributed by atoms with Crippen molar-refractivity contribution in [3.63, 3.8) is 0 Å². The lowest BCUT2D eigenvalue weighted by atomic mass is 10.0. The van der Waals surface area contributed by atoms with E-state index in [1.54, 1.807) is 0 Å². The van der Waals surface area contributed by atoms with E-state index in [0.29, 0.717) is 12.0 Å². The first-order chi connectivity index (χ1) is 10.5. The monoisotopic (exact) mass is 305 g/mol. The molecule has 1 aromatic carbocycles. The molecule has 0 spiro atoms. The fraction of sp³-hybridized carbons (Fsp3) is 0.700. The van der Waals surface area contributed by atoms with Gasteiger partial charge < -0.3 is 9.64 Å². The third-order valence-corrected chi connectivity index (χ3v) is 3.99. The predicted molar refractivity (Wildman–Crippen MR) is 96.8 cm³/mol. The van der Waals surface area contributed by atoms with Crippen molar-refractivity contribution in [2.24, 2.45) is 5.92 Å². The van der Waals surface area contributed by atoms with Gasteiger partial charge in [0.1, 0.15) is 11.9 Å². The predicted octanol–water partition coefficient (Wildman–Crippen LogP) is 5.34. The van der Waals surface area contributed by atoms with Crippen molar-refractivity contribution < 1.29 is 4.74 Å². The molecule has 0 saturated carbocycles. The van der Waals surface area contributed by atoms with E-state index >= 15 is 0 Å². The van der Waals surface area contributed by atoms with Crippen molar-refractivity contribution >= 4 is 0 Å². The van der Waals surface area contributed by atoms with Crippen LogP contribution in [-0.4, -0.2) is 30.6 Å². The van der Waals surface area contributed by atoms with Gasteiger partial charge in [0, 0.05) is 19.6 Å². The molecular formula is C20H35NO. The van der Waals surface area contributed by atoms with Crippen molar-refractivity contribution in [2.75, 3.05) is 19.6 Å². The Morgan fingerprint density at radius 3 is 2.27 bits per heavy atom. The Kier molecular flexibility index (Phi) is 8.55. The minimum atomic E-state index is 0.390.